The van der Waals surface area contributed by atoms with Crippen molar-refractivity contribution in [1.29, 1.82) is 0 Å². The summed E-state index contributed by atoms with van der Waals surface area (Å²) in [6.45, 7) is 1.98. The number of hydrogen-bond acceptors (Lipinski definition) is 3. The summed E-state index contributed by atoms with van der Waals surface area (Å²) in [5.41, 5.74) is 8.49. The Morgan fingerprint density at radius 1 is 1.32 bits per heavy atom. The number of aromatic nitrogens is 3. The van der Waals surface area contributed by atoms with Crippen molar-refractivity contribution in [3.8, 4) is 5.82 Å². The summed E-state index contributed by atoms with van der Waals surface area (Å²) in [4.78, 5) is 4.93. The number of fused-ring (bicyclic) bond motifs is 1. The van der Waals surface area contributed by atoms with Crippen LogP contribution >= 0.6 is 12.2 Å². The summed E-state index contributed by atoms with van der Waals surface area (Å²) in [5, 5.41) is 5.29. The third-order valence-corrected chi connectivity index (χ3v) is 3.12. The van der Waals surface area contributed by atoms with Gasteiger partial charge < -0.3 is 5.73 Å². The summed E-state index contributed by atoms with van der Waals surface area (Å²) < 4.78 is 1.70. The maximum absolute atomic E-state index is 5.80. The third-order valence-electron chi connectivity index (χ3n) is 2.90. The molecule has 0 saturated carbocycles. The van der Waals surface area contributed by atoms with Gasteiger partial charge in [0, 0.05) is 11.6 Å². The number of nitrogens with zero attached hydrogens (tertiary/aromatic N) is 3. The molecule has 0 saturated heterocycles. The van der Waals surface area contributed by atoms with Crippen molar-refractivity contribution in [3.05, 3.63) is 53.9 Å². The van der Waals surface area contributed by atoms with Crippen molar-refractivity contribution >= 4 is 28.1 Å². The maximum atomic E-state index is 5.80. The fraction of sp³-hybridized carbons (Fsp3) is 0.0714. The second kappa shape index (κ2) is 4.44. The van der Waals surface area contributed by atoms with Crippen LogP contribution in [0, 0.1) is 6.92 Å². The Morgan fingerprint density at radius 2 is 2.11 bits per heavy atom. The average Bonchev–Trinajstić information content (AvgIpc) is 2.83. The van der Waals surface area contributed by atoms with Gasteiger partial charge in [-0.2, -0.15) is 5.10 Å². The van der Waals surface area contributed by atoms with Crippen LogP contribution in [0.5, 0.6) is 0 Å². The zero-order valence-corrected chi connectivity index (χ0v) is 11.2. The highest BCUT2D eigenvalue weighted by molar-refractivity contribution is 7.80. The Kier molecular flexibility index (Phi) is 2.76. The van der Waals surface area contributed by atoms with Crippen molar-refractivity contribution in [2.45, 2.75) is 6.92 Å². The highest BCUT2D eigenvalue weighted by Crippen LogP contribution is 2.19. The van der Waals surface area contributed by atoms with Crippen LogP contribution in [0.15, 0.2) is 42.7 Å². The zero-order valence-electron chi connectivity index (χ0n) is 10.4. The van der Waals surface area contributed by atoms with Crippen LogP contribution in [0.4, 0.5) is 0 Å². The smallest absolute Gasteiger partial charge is 0.164 e. The van der Waals surface area contributed by atoms with E-state index in [0.717, 1.165) is 22.0 Å². The number of nitrogens with two attached hydrogens (primary N) is 1. The lowest BCUT2D eigenvalue weighted by atomic mass is 10.1. The number of benzene rings is 1. The fourth-order valence-electron chi connectivity index (χ4n) is 1.99. The predicted molar refractivity (Wildman–Crippen MR) is 79.5 cm³/mol. The van der Waals surface area contributed by atoms with Gasteiger partial charge in [-0.15, -0.1) is 0 Å². The molecule has 0 spiro atoms. The number of aryl methyl sites for hydroxylation is 1. The molecule has 0 radical (unpaired) electrons. The number of hydrogen-bond donors (Lipinski definition) is 1. The molecule has 2 N–H and O–H groups in total. The van der Waals surface area contributed by atoms with Crippen LogP contribution in [-0.2, 0) is 0 Å². The van der Waals surface area contributed by atoms with Crippen molar-refractivity contribution in [3.63, 3.8) is 0 Å². The number of rotatable bonds is 2. The molecule has 0 fully saturated rings. The van der Waals surface area contributed by atoms with Gasteiger partial charge >= 0.3 is 0 Å². The Bertz CT molecular complexity index is 776. The second-order valence-corrected chi connectivity index (χ2v) is 4.82. The summed E-state index contributed by atoms with van der Waals surface area (Å²) in [6.07, 6.45) is 3.68. The molecular weight excluding hydrogens is 256 g/mol. The van der Waals surface area contributed by atoms with Crippen LogP contribution in [0.2, 0.25) is 0 Å². The summed E-state index contributed by atoms with van der Waals surface area (Å²) in [5.74, 6) is 0.666. The normalized spacial score (nSPS) is 10.8. The molecule has 0 atom stereocenters. The van der Waals surface area contributed by atoms with Gasteiger partial charge in [0.15, 0.2) is 5.82 Å². The van der Waals surface area contributed by atoms with E-state index in [1.807, 2.05) is 43.5 Å². The van der Waals surface area contributed by atoms with E-state index in [4.69, 9.17) is 18.0 Å². The van der Waals surface area contributed by atoms with E-state index in [1.54, 1.807) is 10.9 Å². The van der Waals surface area contributed by atoms with Crippen LogP contribution < -0.4 is 5.73 Å². The average molecular weight is 268 g/mol. The zero-order chi connectivity index (χ0) is 13.4. The molecule has 3 rings (SSSR count). The van der Waals surface area contributed by atoms with Crippen molar-refractivity contribution < 1.29 is 0 Å². The lowest BCUT2D eigenvalue weighted by Gasteiger charge is -2.09. The SMILES string of the molecule is Cc1cnn(-c2nc3ccccc3cc2C(N)=S)c1. The van der Waals surface area contributed by atoms with E-state index < -0.39 is 0 Å². The van der Waals surface area contributed by atoms with Gasteiger partial charge in [-0.3, -0.25) is 0 Å². The molecule has 4 nitrogen and oxygen atoms in total. The molecule has 5 heteroatoms. The standard InChI is InChI=1S/C14H12N4S/c1-9-7-16-18(8-9)14-11(13(15)19)6-10-4-2-3-5-12(10)17-14/h2-8H,1H3,(H2,15,19). The van der Waals surface area contributed by atoms with Crippen molar-refractivity contribution in [2.24, 2.45) is 5.73 Å². The molecule has 2 aromatic heterocycles. The number of thiocarbonyl (C=S) groups is 1. The van der Waals surface area contributed by atoms with Gasteiger partial charge in [0.2, 0.25) is 0 Å². The van der Waals surface area contributed by atoms with E-state index in [2.05, 4.69) is 10.1 Å². The Balaban J connectivity index is 2.32. The lowest BCUT2D eigenvalue weighted by molar-refractivity contribution is 0.850. The molecule has 0 aliphatic heterocycles. The highest BCUT2D eigenvalue weighted by atomic mass is 32.1. The van der Waals surface area contributed by atoms with Crippen LogP contribution in [0.25, 0.3) is 16.7 Å². The van der Waals surface area contributed by atoms with E-state index in [9.17, 15) is 0 Å². The second-order valence-electron chi connectivity index (χ2n) is 4.38. The van der Waals surface area contributed by atoms with Crippen molar-refractivity contribution in [1.82, 2.24) is 14.8 Å². The van der Waals surface area contributed by atoms with E-state index in [1.165, 1.54) is 0 Å². The van der Waals surface area contributed by atoms with Gasteiger partial charge in [-0.1, -0.05) is 30.4 Å². The summed E-state index contributed by atoms with van der Waals surface area (Å²) >= 11 is 5.12. The van der Waals surface area contributed by atoms with Gasteiger partial charge in [0.1, 0.15) is 4.99 Å². The molecule has 0 unspecified atom stereocenters. The van der Waals surface area contributed by atoms with Crippen molar-refractivity contribution in [2.75, 3.05) is 0 Å². The molecule has 0 amide bonds. The summed E-state index contributed by atoms with van der Waals surface area (Å²) in [7, 11) is 0. The quantitative estimate of drug-likeness (QED) is 0.725. The van der Waals surface area contributed by atoms with Crippen LogP contribution in [-0.4, -0.2) is 19.8 Å². The molecule has 0 aliphatic rings. The van der Waals surface area contributed by atoms with E-state index >= 15 is 0 Å². The molecule has 0 aliphatic carbocycles. The lowest BCUT2D eigenvalue weighted by Crippen LogP contribution is -2.15. The molecule has 94 valence electrons. The van der Waals surface area contributed by atoms with Gasteiger partial charge in [0.25, 0.3) is 0 Å². The minimum absolute atomic E-state index is 0.321. The first kappa shape index (κ1) is 11.8. The molecule has 3 aromatic rings. The first-order chi connectivity index (χ1) is 9.15. The maximum Gasteiger partial charge on any atom is 0.164 e. The summed E-state index contributed by atoms with van der Waals surface area (Å²) in [6, 6.07) is 9.82. The topological polar surface area (TPSA) is 56.7 Å². The fourth-order valence-corrected chi connectivity index (χ4v) is 2.14. The van der Waals surface area contributed by atoms with E-state index in [-0.39, 0.29) is 0 Å². The predicted octanol–water partition coefficient (Wildman–Crippen LogP) is 2.36. The van der Waals surface area contributed by atoms with E-state index in [0.29, 0.717) is 10.8 Å². The van der Waals surface area contributed by atoms with Crippen LogP contribution in [0.1, 0.15) is 11.1 Å². The Labute approximate surface area is 115 Å². The minimum Gasteiger partial charge on any atom is -0.389 e. The minimum atomic E-state index is 0.321. The molecule has 1 aromatic carbocycles. The van der Waals surface area contributed by atoms with Gasteiger partial charge in [-0.05, 0) is 24.6 Å². The highest BCUT2D eigenvalue weighted by Gasteiger charge is 2.11. The molecular formula is C14H12N4S. The first-order valence-corrected chi connectivity index (χ1v) is 6.27. The van der Waals surface area contributed by atoms with Gasteiger partial charge in [-0.25, -0.2) is 9.67 Å². The first-order valence-electron chi connectivity index (χ1n) is 5.86. The third kappa shape index (κ3) is 2.08. The molecule has 19 heavy (non-hydrogen) atoms. The largest absolute Gasteiger partial charge is 0.389 e. The Morgan fingerprint density at radius 3 is 2.79 bits per heavy atom. The molecule has 2 heterocycles. The van der Waals surface area contributed by atoms with Gasteiger partial charge in [0.05, 0.1) is 17.3 Å². The molecule has 0 bridgehead atoms. The number of para-hydroxylation sites is 1. The Hall–Kier alpha value is -2.27. The monoisotopic (exact) mass is 268 g/mol. The van der Waals surface area contributed by atoms with Crippen LogP contribution in [0.3, 0.4) is 0 Å². The number of pyridine rings is 1.